The van der Waals surface area contributed by atoms with Crippen LogP contribution < -0.4 is 14.8 Å². The number of hydrogen-bond donors (Lipinski definition) is 2. The molecule has 0 spiro atoms. The number of nitro benzene ring substituents is 1. The average molecular weight is 666 g/mol. The van der Waals surface area contributed by atoms with Gasteiger partial charge in [-0.3, -0.25) is 14.9 Å². The van der Waals surface area contributed by atoms with Crippen LogP contribution in [0.4, 0.5) is 18.9 Å². The van der Waals surface area contributed by atoms with Crippen LogP contribution in [0.1, 0.15) is 41.0 Å². The average Bonchev–Trinajstić information content (AvgIpc) is 3.30. The molecular formula is C29H27ClF3N5O6S. The second-order valence-electron chi connectivity index (χ2n) is 10.3. The second kappa shape index (κ2) is 13.3. The third-order valence-electron chi connectivity index (χ3n) is 6.36. The number of carbonyl (C=O) groups excluding carboxylic acids is 1. The standard InChI is InChI=1S/C29H27ClF3N5O6S/c1-17(2)15-35-45(42,43)25-14-23(38(40)41)10-11-24(25)44-28-18(3)26(36-37(28)22-9-5-8-21(30)13-22)27(39)34-16-19-6-4-7-20(12-19)29(31,32)33/h4-14,17,35H,15-16H2,1-3H3,(H,34,39). The Balaban J connectivity index is 1.76. The van der Waals surface area contributed by atoms with Gasteiger partial charge in [-0.15, -0.1) is 0 Å². The molecule has 0 fully saturated rings. The fourth-order valence-corrected chi connectivity index (χ4v) is 5.63. The number of non-ortho nitro benzene ring substituents is 1. The van der Waals surface area contributed by atoms with E-state index in [1.807, 2.05) is 0 Å². The normalized spacial score (nSPS) is 11.9. The van der Waals surface area contributed by atoms with Gasteiger partial charge in [0.15, 0.2) is 5.69 Å². The first-order valence-electron chi connectivity index (χ1n) is 13.3. The first kappa shape index (κ1) is 33.4. The molecule has 1 aromatic heterocycles. The number of hydrogen-bond acceptors (Lipinski definition) is 7. The van der Waals surface area contributed by atoms with Gasteiger partial charge in [0.25, 0.3) is 11.6 Å². The van der Waals surface area contributed by atoms with E-state index < -0.39 is 43.2 Å². The summed E-state index contributed by atoms with van der Waals surface area (Å²) in [7, 11) is -4.31. The highest BCUT2D eigenvalue weighted by atomic mass is 35.5. The molecule has 0 aliphatic heterocycles. The van der Waals surface area contributed by atoms with E-state index in [2.05, 4.69) is 15.1 Å². The molecule has 1 heterocycles. The summed E-state index contributed by atoms with van der Waals surface area (Å²) >= 11 is 6.18. The predicted octanol–water partition coefficient (Wildman–Crippen LogP) is 6.42. The van der Waals surface area contributed by atoms with Crippen LogP contribution in [-0.4, -0.2) is 35.6 Å². The van der Waals surface area contributed by atoms with Gasteiger partial charge in [-0.05, 0) is 54.8 Å². The van der Waals surface area contributed by atoms with Gasteiger partial charge in [-0.1, -0.05) is 43.6 Å². The number of nitrogens with one attached hydrogen (secondary N) is 2. The van der Waals surface area contributed by atoms with E-state index in [1.54, 1.807) is 32.0 Å². The summed E-state index contributed by atoms with van der Waals surface area (Å²) in [5.74, 6) is -1.24. The smallest absolute Gasteiger partial charge is 0.416 e. The predicted molar refractivity (Wildman–Crippen MR) is 159 cm³/mol. The van der Waals surface area contributed by atoms with Crippen molar-refractivity contribution >= 4 is 33.2 Å². The van der Waals surface area contributed by atoms with Gasteiger partial charge >= 0.3 is 6.18 Å². The molecule has 0 aliphatic rings. The fourth-order valence-electron chi connectivity index (χ4n) is 4.09. The molecule has 0 radical (unpaired) electrons. The lowest BCUT2D eigenvalue weighted by Crippen LogP contribution is -2.28. The van der Waals surface area contributed by atoms with Crippen molar-refractivity contribution < 1.29 is 36.0 Å². The van der Waals surface area contributed by atoms with Crippen molar-refractivity contribution in [2.75, 3.05) is 6.54 Å². The summed E-state index contributed by atoms with van der Waals surface area (Å²) in [5, 5.41) is 18.7. The number of halogens is 4. The van der Waals surface area contributed by atoms with Gasteiger partial charge in [0.1, 0.15) is 10.6 Å². The summed E-state index contributed by atoms with van der Waals surface area (Å²) in [6.45, 7) is 4.81. The fraction of sp³-hybridized carbons (Fsp3) is 0.241. The molecular weight excluding hydrogens is 639 g/mol. The molecule has 45 heavy (non-hydrogen) atoms. The van der Waals surface area contributed by atoms with Crippen molar-refractivity contribution in [2.24, 2.45) is 5.92 Å². The van der Waals surface area contributed by atoms with Crippen molar-refractivity contribution in [3.8, 4) is 17.3 Å². The third-order valence-corrected chi connectivity index (χ3v) is 8.04. The summed E-state index contributed by atoms with van der Waals surface area (Å²) < 4.78 is 75.6. The maximum absolute atomic E-state index is 13.3. The highest BCUT2D eigenvalue weighted by Crippen LogP contribution is 2.36. The molecule has 4 rings (SSSR count). The minimum absolute atomic E-state index is 0.0418. The van der Waals surface area contributed by atoms with E-state index in [0.29, 0.717) is 10.7 Å². The molecule has 0 saturated heterocycles. The summed E-state index contributed by atoms with van der Waals surface area (Å²) in [5.41, 5.74) is -0.905. The van der Waals surface area contributed by atoms with Crippen molar-refractivity contribution in [3.05, 3.63) is 104 Å². The van der Waals surface area contributed by atoms with Crippen LogP contribution in [0.3, 0.4) is 0 Å². The molecule has 4 aromatic rings. The number of benzene rings is 3. The number of aromatic nitrogens is 2. The first-order chi connectivity index (χ1) is 21.1. The molecule has 0 unspecified atom stereocenters. The van der Waals surface area contributed by atoms with Crippen LogP contribution in [0.2, 0.25) is 5.02 Å². The Labute approximate surface area is 261 Å². The number of ether oxygens (including phenoxy) is 1. The van der Waals surface area contributed by atoms with E-state index in [1.165, 1.54) is 29.8 Å². The molecule has 1 amide bonds. The van der Waals surface area contributed by atoms with Gasteiger partial charge in [0.2, 0.25) is 15.9 Å². The number of nitrogens with zero attached hydrogens (tertiary/aromatic N) is 3. The van der Waals surface area contributed by atoms with Crippen molar-refractivity contribution in [1.82, 2.24) is 19.8 Å². The zero-order valence-corrected chi connectivity index (χ0v) is 25.6. The highest BCUT2D eigenvalue weighted by molar-refractivity contribution is 7.89. The van der Waals surface area contributed by atoms with E-state index in [-0.39, 0.29) is 47.5 Å². The number of sulfonamides is 1. The van der Waals surface area contributed by atoms with Crippen LogP contribution in [0.5, 0.6) is 11.6 Å². The topological polar surface area (TPSA) is 145 Å². The maximum Gasteiger partial charge on any atom is 0.416 e. The molecule has 11 nitrogen and oxygen atoms in total. The Morgan fingerprint density at radius 3 is 2.47 bits per heavy atom. The number of nitro groups is 1. The lowest BCUT2D eigenvalue weighted by Gasteiger charge is -2.15. The Bertz CT molecular complexity index is 1860. The monoisotopic (exact) mass is 665 g/mol. The minimum atomic E-state index is -4.56. The molecule has 238 valence electrons. The SMILES string of the molecule is Cc1c(C(=O)NCc2cccc(C(F)(F)F)c2)nn(-c2cccc(Cl)c2)c1Oc1ccc([N+](=O)[O-])cc1S(=O)(=O)NCC(C)C. The van der Waals surface area contributed by atoms with E-state index >= 15 is 0 Å². The largest absolute Gasteiger partial charge is 0.437 e. The first-order valence-corrected chi connectivity index (χ1v) is 15.2. The lowest BCUT2D eigenvalue weighted by atomic mass is 10.1. The van der Waals surface area contributed by atoms with Gasteiger partial charge < -0.3 is 10.1 Å². The summed E-state index contributed by atoms with van der Waals surface area (Å²) in [6.07, 6.45) is -4.56. The Kier molecular flexibility index (Phi) is 9.85. The van der Waals surface area contributed by atoms with E-state index in [0.717, 1.165) is 30.3 Å². The summed E-state index contributed by atoms with van der Waals surface area (Å²) in [6, 6.07) is 13.8. The van der Waals surface area contributed by atoms with Crippen LogP contribution in [-0.2, 0) is 22.7 Å². The van der Waals surface area contributed by atoms with Gasteiger partial charge in [0, 0.05) is 35.8 Å². The second-order valence-corrected chi connectivity index (χ2v) is 12.5. The van der Waals surface area contributed by atoms with Crippen molar-refractivity contribution in [1.29, 1.82) is 0 Å². The lowest BCUT2D eigenvalue weighted by molar-refractivity contribution is -0.385. The van der Waals surface area contributed by atoms with Crippen LogP contribution in [0.25, 0.3) is 5.69 Å². The summed E-state index contributed by atoms with van der Waals surface area (Å²) in [4.78, 5) is 23.5. The number of alkyl halides is 3. The molecule has 0 bridgehead atoms. The quantitative estimate of drug-likeness (QED) is 0.139. The zero-order valence-electron chi connectivity index (χ0n) is 24.1. The number of rotatable bonds is 11. The maximum atomic E-state index is 13.3. The third kappa shape index (κ3) is 7.98. The Morgan fingerprint density at radius 2 is 1.82 bits per heavy atom. The van der Waals surface area contributed by atoms with Gasteiger partial charge in [-0.2, -0.15) is 23.0 Å². The molecule has 0 aliphatic carbocycles. The van der Waals surface area contributed by atoms with Crippen molar-refractivity contribution in [3.63, 3.8) is 0 Å². The minimum Gasteiger partial charge on any atom is -0.437 e. The van der Waals surface area contributed by atoms with Crippen LogP contribution >= 0.6 is 11.6 Å². The molecule has 16 heteroatoms. The number of amides is 1. The Hall–Kier alpha value is -4.47. The van der Waals surface area contributed by atoms with E-state index in [9.17, 15) is 36.5 Å². The van der Waals surface area contributed by atoms with Crippen LogP contribution in [0, 0.1) is 23.0 Å². The highest BCUT2D eigenvalue weighted by Gasteiger charge is 2.31. The molecule has 0 atom stereocenters. The van der Waals surface area contributed by atoms with E-state index in [4.69, 9.17) is 16.3 Å². The zero-order chi connectivity index (χ0) is 33.1. The Morgan fingerprint density at radius 1 is 1.11 bits per heavy atom. The molecule has 3 aromatic carbocycles. The molecule has 2 N–H and O–H groups in total. The van der Waals surface area contributed by atoms with Crippen LogP contribution in [0.15, 0.2) is 71.6 Å². The molecule has 0 saturated carbocycles. The number of carbonyl (C=O) groups is 1. The van der Waals surface area contributed by atoms with Gasteiger partial charge in [-0.25, -0.2) is 13.1 Å². The van der Waals surface area contributed by atoms with Gasteiger partial charge in [0.05, 0.1) is 16.2 Å². The van der Waals surface area contributed by atoms with Crippen molar-refractivity contribution in [2.45, 2.75) is 38.4 Å².